The van der Waals surface area contributed by atoms with Gasteiger partial charge < -0.3 is 9.67 Å². The van der Waals surface area contributed by atoms with E-state index in [1.807, 2.05) is 79.0 Å². The van der Waals surface area contributed by atoms with Crippen LogP contribution in [0, 0.1) is 0 Å². The lowest BCUT2D eigenvalue weighted by Crippen LogP contribution is -2.28. The van der Waals surface area contributed by atoms with Crippen LogP contribution in [0.5, 0.6) is 0 Å². The minimum Gasteiger partial charge on any atom is -0.480 e. The molecule has 4 heteroatoms. The number of carbonyl (C=O) groups is 1. The first kappa shape index (κ1) is 18.0. The number of benzene rings is 3. The van der Waals surface area contributed by atoms with Gasteiger partial charge in [0.2, 0.25) is 0 Å². The molecule has 28 heavy (non-hydrogen) atoms. The number of rotatable bonds is 7. The van der Waals surface area contributed by atoms with E-state index in [4.69, 9.17) is 0 Å². The van der Waals surface area contributed by atoms with Crippen LogP contribution in [0.1, 0.15) is 22.7 Å². The number of para-hydroxylation sites is 1. The Bertz CT molecular complexity index is 1070. The Labute approximate surface area is 164 Å². The van der Waals surface area contributed by atoms with Crippen LogP contribution in [-0.2, 0) is 17.9 Å². The van der Waals surface area contributed by atoms with Crippen molar-refractivity contribution in [2.24, 2.45) is 0 Å². The third-order valence-corrected chi connectivity index (χ3v) is 4.93. The Morgan fingerprint density at radius 3 is 2.14 bits per heavy atom. The van der Waals surface area contributed by atoms with Gasteiger partial charge in [0.05, 0.1) is 0 Å². The summed E-state index contributed by atoms with van der Waals surface area (Å²) in [4.78, 5) is 12.1. The Kier molecular flexibility index (Phi) is 5.22. The molecule has 0 amide bonds. The number of hydrogen-bond acceptors (Lipinski definition) is 2. The number of nitrogens with zero attached hydrogens (tertiary/aromatic N) is 1. The van der Waals surface area contributed by atoms with Crippen LogP contribution in [0.3, 0.4) is 0 Å². The van der Waals surface area contributed by atoms with Crippen LogP contribution < -0.4 is 5.32 Å². The molecule has 4 rings (SSSR count). The number of hydrogen-bond donors (Lipinski definition) is 2. The van der Waals surface area contributed by atoms with E-state index >= 15 is 0 Å². The fourth-order valence-electron chi connectivity index (χ4n) is 3.56. The van der Waals surface area contributed by atoms with Crippen molar-refractivity contribution in [1.29, 1.82) is 0 Å². The van der Waals surface area contributed by atoms with Gasteiger partial charge in [-0.05, 0) is 17.2 Å². The second kappa shape index (κ2) is 8.11. The van der Waals surface area contributed by atoms with Crippen molar-refractivity contribution >= 4 is 16.9 Å². The molecule has 0 fully saturated rings. The Morgan fingerprint density at radius 1 is 0.857 bits per heavy atom. The molecule has 0 saturated carbocycles. The van der Waals surface area contributed by atoms with Gasteiger partial charge in [0.1, 0.15) is 6.04 Å². The van der Waals surface area contributed by atoms with Crippen LogP contribution in [-0.4, -0.2) is 15.6 Å². The molecule has 0 spiro atoms. The minimum absolute atomic E-state index is 0.496. The Balaban J connectivity index is 1.68. The van der Waals surface area contributed by atoms with Gasteiger partial charge in [-0.3, -0.25) is 10.1 Å². The van der Waals surface area contributed by atoms with Crippen molar-refractivity contribution in [2.45, 2.75) is 19.1 Å². The van der Waals surface area contributed by atoms with Crippen LogP contribution in [0.4, 0.5) is 0 Å². The predicted octanol–water partition coefficient (Wildman–Crippen LogP) is 4.61. The lowest BCUT2D eigenvalue weighted by atomic mass is 10.1. The standard InChI is InChI=1S/C24H22N2O2/c27-24(28)23(25-15-18-9-3-1-4-10-18)21-17-26(16-19-11-5-2-6-12-19)22-14-8-7-13-20(21)22/h1-14,17,23,25H,15-16H2,(H,27,28). The van der Waals surface area contributed by atoms with Gasteiger partial charge in [0.25, 0.3) is 0 Å². The summed E-state index contributed by atoms with van der Waals surface area (Å²) < 4.78 is 2.13. The van der Waals surface area contributed by atoms with Gasteiger partial charge in [-0.2, -0.15) is 0 Å². The first-order valence-electron chi connectivity index (χ1n) is 9.34. The molecule has 1 heterocycles. The van der Waals surface area contributed by atoms with Crippen LogP contribution in [0.15, 0.2) is 91.1 Å². The highest BCUT2D eigenvalue weighted by Crippen LogP contribution is 2.28. The van der Waals surface area contributed by atoms with E-state index in [-0.39, 0.29) is 0 Å². The first-order valence-corrected chi connectivity index (χ1v) is 9.34. The highest BCUT2D eigenvalue weighted by Gasteiger charge is 2.23. The lowest BCUT2D eigenvalue weighted by Gasteiger charge is -2.14. The maximum atomic E-state index is 12.1. The first-order chi connectivity index (χ1) is 13.7. The van der Waals surface area contributed by atoms with E-state index in [1.54, 1.807) is 0 Å². The maximum absolute atomic E-state index is 12.1. The maximum Gasteiger partial charge on any atom is 0.325 e. The molecule has 2 N–H and O–H groups in total. The molecule has 4 aromatic rings. The molecule has 1 unspecified atom stereocenters. The highest BCUT2D eigenvalue weighted by molar-refractivity contribution is 5.89. The molecule has 0 aliphatic heterocycles. The van der Waals surface area contributed by atoms with Gasteiger partial charge in [0.15, 0.2) is 0 Å². The summed E-state index contributed by atoms with van der Waals surface area (Å²) in [6.45, 7) is 1.20. The summed E-state index contributed by atoms with van der Waals surface area (Å²) in [6, 6.07) is 27.2. The van der Waals surface area contributed by atoms with Crippen molar-refractivity contribution in [1.82, 2.24) is 9.88 Å². The second-order valence-electron chi connectivity index (χ2n) is 6.85. The number of nitrogens with one attached hydrogen (secondary N) is 1. The third-order valence-electron chi connectivity index (χ3n) is 4.93. The average molecular weight is 370 g/mol. The van der Waals surface area contributed by atoms with Crippen molar-refractivity contribution < 1.29 is 9.90 Å². The zero-order valence-electron chi connectivity index (χ0n) is 15.5. The summed E-state index contributed by atoms with van der Waals surface area (Å²) in [7, 11) is 0. The lowest BCUT2D eigenvalue weighted by molar-refractivity contribution is -0.139. The smallest absolute Gasteiger partial charge is 0.325 e. The molecule has 140 valence electrons. The minimum atomic E-state index is -0.876. The molecule has 1 aromatic heterocycles. The second-order valence-corrected chi connectivity index (χ2v) is 6.85. The molecule has 0 bridgehead atoms. The molecule has 0 aliphatic rings. The number of aliphatic carboxylic acids is 1. The van der Waals surface area contributed by atoms with Crippen molar-refractivity contribution in [2.75, 3.05) is 0 Å². The molecular formula is C24H22N2O2. The summed E-state index contributed by atoms with van der Waals surface area (Å²) in [5.41, 5.74) is 4.06. The third kappa shape index (κ3) is 3.82. The van der Waals surface area contributed by atoms with E-state index in [9.17, 15) is 9.90 Å². The van der Waals surface area contributed by atoms with E-state index in [2.05, 4.69) is 22.0 Å². The number of carboxylic acids is 1. The Hall–Kier alpha value is -3.37. The van der Waals surface area contributed by atoms with Crippen molar-refractivity contribution in [3.05, 3.63) is 108 Å². The van der Waals surface area contributed by atoms with E-state index in [0.29, 0.717) is 13.1 Å². The number of aromatic nitrogens is 1. The van der Waals surface area contributed by atoms with Crippen molar-refractivity contribution in [3.63, 3.8) is 0 Å². The quantitative estimate of drug-likeness (QED) is 0.500. The fourth-order valence-corrected chi connectivity index (χ4v) is 3.56. The zero-order valence-corrected chi connectivity index (χ0v) is 15.5. The molecule has 0 radical (unpaired) electrons. The molecule has 3 aromatic carbocycles. The normalized spacial score (nSPS) is 12.1. The number of carboxylic acid groups (broad SMARTS) is 1. The molecule has 1 atom stereocenters. The van der Waals surface area contributed by atoms with Gasteiger partial charge in [-0.25, -0.2) is 0 Å². The van der Waals surface area contributed by atoms with Crippen LogP contribution in [0.2, 0.25) is 0 Å². The van der Waals surface area contributed by atoms with Gasteiger partial charge >= 0.3 is 5.97 Å². The predicted molar refractivity (Wildman–Crippen MR) is 111 cm³/mol. The summed E-state index contributed by atoms with van der Waals surface area (Å²) in [5, 5.41) is 14.1. The molecule has 0 aliphatic carbocycles. The summed E-state index contributed by atoms with van der Waals surface area (Å²) in [5.74, 6) is -0.876. The van der Waals surface area contributed by atoms with Gasteiger partial charge in [-0.15, -0.1) is 0 Å². The van der Waals surface area contributed by atoms with Crippen LogP contribution in [0.25, 0.3) is 10.9 Å². The summed E-state index contributed by atoms with van der Waals surface area (Å²) in [6.07, 6.45) is 1.97. The van der Waals surface area contributed by atoms with E-state index in [1.165, 1.54) is 5.56 Å². The molecule has 0 saturated heterocycles. The van der Waals surface area contributed by atoms with Crippen molar-refractivity contribution in [3.8, 4) is 0 Å². The SMILES string of the molecule is O=C(O)C(NCc1ccccc1)c1cn(Cc2ccccc2)c2ccccc12. The largest absolute Gasteiger partial charge is 0.480 e. The summed E-state index contributed by atoms with van der Waals surface area (Å²) >= 11 is 0. The van der Waals surface area contributed by atoms with Crippen LogP contribution >= 0.6 is 0 Å². The van der Waals surface area contributed by atoms with E-state index < -0.39 is 12.0 Å². The topological polar surface area (TPSA) is 54.3 Å². The van der Waals surface area contributed by atoms with E-state index in [0.717, 1.165) is 22.0 Å². The van der Waals surface area contributed by atoms with Gasteiger partial charge in [-0.1, -0.05) is 78.9 Å². The highest BCUT2D eigenvalue weighted by atomic mass is 16.4. The Morgan fingerprint density at radius 2 is 1.46 bits per heavy atom. The molecule has 4 nitrogen and oxygen atoms in total. The average Bonchev–Trinajstić information content (AvgIpc) is 3.08. The molecular weight excluding hydrogens is 348 g/mol. The zero-order chi connectivity index (χ0) is 19.3. The van der Waals surface area contributed by atoms with Gasteiger partial charge in [0, 0.05) is 35.8 Å². The number of fused-ring (bicyclic) bond motifs is 1. The monoisotopic (exact) mass is 370 g/mol. The fraction of sp³-hybridized carbons (Fsp3) is 0.125.